The summed E-state index contributed by atoms with van der Waals surface area (Å²) in [5.74, 6) is 0.194. The Balaban J connectivity index is 2.34. The molecule has 1 saturated heterocycles. The molecule has 2 aliphatic rings. The van der Waals surface area contributed by atoms with E-state index in [9.17, 15) is 9.59 Å². The van der Waals surface area contributed by atoms with Crippen molar-refractivity contribution < 1.29 is 9.59 Å². The van der Waals surface area contributed by atoms with Crippen LogP contribution in [0.25, 0.3) is 0 Å². The Morgan fingerprint density at radius 1 is 1.44 bits per heavy atom. The third kappa shape index (κ3) is 1.84. The number of nitrogens with one attached hydrogen (secondary N) is 1. The summed E-state index contributed by atoms with van der Waals surface area (Å²) in [6.07, 6.45) is 5.31. The molecule has 1 saturated carbocycles. The molecule has 2 rings (SSSR count). The first-order chi connectivity index (χ1) is 8.53. The molecular weight excluding hydrogens is 228 g/mol. The first kappa shape index (κ1) is 13.1. The molecule has 0 aromatic heterocycles. The highest BCUT2D eigenvalue weighted by Gasteiger charge is 2.53. The summed E-state index contributed by atoms with van der Waals surface area (Å²) in [5.41, 5.74) is -0.601. The van der Waals surface area contributed by atoms with E-state index in [0.717, 1.165) is 25.7 Å². The van der Waals surface area contributed by atoms with Crippen molar-refractivity contribution in [2.24, 2.45) is 5.92 Å². The maximum atomic E-state index is 12.5. The lowest BCUT2D eigenvalue weighted by atomic mass is 9.87. The zero-order valence-corrected chi connectivity index (χ0v) is 11.2. The molecular formula is C14H22N2O2. The predicted octanol–water partition coefficient (Wildman–Crippen LogP) is 1.47. The van der Waals surface area contributed by atoms with Crippen molar-refractivity contribution in [2.45, 2.75) is 51.1 Å². The quantitative estimate of drug-likeness (QED) is 0.771. The maximum absolute atomic E-state index is 12.5. The lowest BCUT2D eigenvalue weighted by Gasteiger charge is -2.46. The fourth-order valence-electron chi connectivity index (χ4n) is 3.14. The van der Waals surface area contributed by atoms with Gasteiger partial charge >= 0.3 is 0 Å². The summed E-state index contributed by atoms with van der Waals surface area (Å²) in [6.45, 7) is 8.10. The van der Waals surface area contributed by atoms with Crippen LogP contribution in [-0.4, -0.2) is 34.8 Å². The number of hydrogen-bond donors (Lipinski definition) is 1. The van der Waals surface area contributed by atoms with Crippen molar-refractivity contribution in [2.75, 3.05) is 6.54 Å². The fraction of sp³-hybridized carbons (Fsp3) is 0.714. The molecule has 0 aromatic rings. The van der Waals surface area contributed by atoms with Gasteiger partial charge in [0, 0.05) is 6.54 Å². The highest BCUT2D eigenvalue weighted by Crippen LogP contribution is 2.38. The van der Waals surface area contributed by atoms with E-state index in [4.69, 9.17) is 0 Å². The van der Waals surface area contributed by atoms with Gasteiger partial charge in [-0.1, -0.05) is 32.8 Å². The summed E-state index contributed by atoms with van der Waals surface area (Å²) >= 11 is 0. The van der Waals surface area contributed by atoms with E-state index in [1.807, 2.05) is 13.8 Å². The van der Waals surface area contributed by atoms with Gasteiger partial charge in [-0.25, -0.2) is 0 Å². The second kappa shape index (κ2) is 4.75. The molecule has 4 nitrogen and oxygen atoms in total. The minimum Gasteiger partial charge on any atom is -0.342 e. The molecule has 0 radical (unpaired) electrons. The van der Waals surface area contributed by atoms with Crippen LogP contribution >= 0.6 is 0 Å². The number of piperazine rings is 1. The van der Waals surface area contributed by atoms with Gasteiger partial charge in [-0.3, -0.25) is 9.59 Å². The normalized spacial score (nSPS) is 26.8. The van der Waals surface area contributed by atoms with Crippen molar-refractivity contribution >= 4 is 11.8 Å². The second-order valence-corrected chi connectivity index (χ2v) is 5.67. The van der Waals surface area contributed by atoms with E-state index in [-0.39, 0.29) is 23.8 Å². The number of carbonyl (C=O) groups is 2. The minimum atomic E-state index is -0.601. The van der Waals surface area contributed by atoms with Gasteiger partial charge in [-0.05, 0) is 18.8 Å². The zero-order chi connectivity index (χ0) is 13.3. The summed E-state index contributed by atoms with van der Waals surface area (Å²) < 4.78 is 0. The van der Waals surface area contributed by atoms with E-state index < -0.39 is 5.54 Å². The van der Waals surface area contributed by atoms with Crippen molar-refractivity contribution in [3.05, 3.63) is 12.7 Å². The average Bonchev–Trinajstić information content (AvgIpc) is 2.80. The van der Waals surface area contributed by atoms with Crippen molar-refractivity contribution in [3.8, 4) is 0 Å². The molecule has 0 bridgehead atoms. The van der Waals surface area contributed by atoms with Gasteiger partial charge in [0.2, 0.25) is 11.8 Å². The molecule has 1 spiro atoms. The van der Waals surface area contributed by atoms with Crippen LogP contribution in [0.4, 0.5) is 0 Å². The molecule has 4 heteroatoms. The molecule has 1 aliphatic carbocycles. The van der Waals surface area contributed by atoms with Crippen LogP contribution in [0, 0.1) is 5.92 Å². The van der Waals surface area contributed by atoms with Gasteiger partial charge in [0.15, 0.2) is 0 Å². The van der Waals surface area contributed by atoms with E-state index in [1.54, 1.807) is 11.0 Å². The Hall–Kier alpha value is -1.32. The number of amides is 2. The molecule has 1 unspecified atom stereocenters. The first-order valence-corrected chi connectivity index (χ1v) is 6.76. The first-order valence-electron chi connectivity index (χ1n) is 6.76. The van der Waals surface area contributed by atoms with E-state index in [2.05, 4.69) is 11.9 Å². The third-order valence-corrected chi connectivity index (χ3v) is 4.17. The Kier molecular flexibility index (Phi) is 3.46. The van der Waals surface area contributed by atoms with Crippen LogP contribution in [0.2, 0.25) is 0 Å². The standard InChI is InChI=1S/C14H22N2O2/c1-4-9-16-12(17)11(10(2)3)15-13(18)14(16)7-5-6-8-14/h4,10-11H,1,5-9H2,2-3H3,(H,15,18). The number of hydrogen-bond acceptors (Lipinski definition) is 2. The van der Waals surface area contributed by atoms with Crippen molar-refractivity contribution in [3.63, 3.8) is 0 Å². The monoisotopic (exact) mass is 250 g/mol. The minimum absolute atomic E-state index is 0.0279. The van der Waals surface area contributed by atoms with Gasteiger partial charge in [-0.15, -0.1) is 6.58 Å². The second-order valence-electron chi connectivity index (χ2n) is 5.67. The molecule has 0 aromatic carbocycles. The van der Waals surface area contributed by atoms with Crippen LogP contribution < -0.4 is 5.32 Å². The smallest absolute Gasteiger partial charge is 0.246 e. The Morgan fingerprint density at radius 2 is 2.06 bits per heavy atom. The summed E-state index contributed by atoms with van der Waals surface area (Å²) in [4.78, 5) is 26.7. The highest BCUT2D eigenvalue weighted by molar-refractivity contribution is 6.00. The zero-order valence-electron chi connectivity index (χ0n) is 11.2. The molecule has 1 aliphatic heterocycles. The lowest BCUT2D eigenvalue weighted by molar-refractivity contribution is -0.157. The average molecular weight is 250 g/mol. The molecule has 100 valence electrons. The topological polar surface area (TPSA) is 49.4 Å². The van der Waals surface area contributed by atoms with Gasteiger partial charge in [0.25, 0.3) is 0 Å². The third-order valence-electron chi connectivity index (χ3n) is 4.17. The predicted molar refractivity (Wildman–Crippen MR) is 69.9 cm³/mol. The summed E-state index contributed by atoms with van der Waals surface area (Å²) in [5, 5.41) is 2.92. The number of carbonyl (C=O) groups excluding carboxylic acids is 2. The van der Waals surface area contributed by atoms with E-state index in [1.165, 1.54) is 0 Å². The SMILES string of the molecule is C=CCN1C(=O)C(C(C)C)NC(=O)C12CCCC2. The maximum Gasteiger partial charge on any atom is 0.246 e. The van der Waals surface area contributed by atoms with Gasteiger partial charge in [-0.2, -0.15) is 0 Å². The lowest BCUT2D eigenvalue weighted by Crippen LogP contribution is -2.70. The van der Waals surface area contributed by atoms with Gasteiger partial charge in [0.05, 0.1) is 0 Å². The van der Waals surface area contributed by atoms with Crippen LogP contribution in [0.1, 0.15) is 39.5 Å². The Labute approximate surface area is 108 Å². The summed E-state index contributed by atoms with van der Waals surface area (Å²) in [7, 11) is 0. The fourth-order valence-corrected chi connectivity index (χ4v) is 3.14. The van der Waals surface area contributed by atoms with Crippen LogP contribution in [0.15, 0.2) is 12.7 Å². The largest absolute Gasteiger partial charge is 0.342 e. The van der Waals surface area contributed by atoms with Crippen LogP contribution in [-0.2, 0) is 9.59 Å². The van der Waals surface area contributed by atoms with Gasteiger partial charge in [0.1, 0.15) is 11.6 Å². The summed E-state index contributed by atoms with van der Waals surface area (Å²) in [6, 6.07) is -0.385. The molecule has 1 heterocycles. The Bertz CT molecular complexity index is 370. The van der Waals surface area contributed by atoms with E-state index >= 15 is 0 Å². The molecule has 1 atom stereocenters. The number of rotatable bonds is 3. The van der Waals surface area contributed by atoms with Crippen LogP contribution in [0.5, 0.6) is 0 Å². The van der Waals surface area contributed by atoms with Gasteiger partial charge < -0.3 is 10.2 Å². The Morgan fingerprint density at radius 3 is 2.56 bits per heavy atom. The molecule has 18 heavy (non-hydrogen) atoms. The van der Waals surface area contributed by atoms with Crippen molar-refractivity contribution in [1.82, 2.24) is 10.2 Å². The molecule has 2 amide bonds. The highest BCUT2D eigenvalue weighted by atomic mass is 16.2. The van der Waals surface area contributed by atoms with Crippen molar-refractivity contribution in [1.29, 1.82) is 0 Å². The van der Waals surface area contributed by atoms with Crippen LogP contribution in [0.3, 0.4) is 0 Å². The van der Waals surface area contributed by atoms with E-state index in [0.29, 0.717) is 6.54 Å². The molecule has 2 fully saturated rings. The molecule has 1 N–H and O–H groups in total. The number of nitrogens with zero attached hydrogens (tertiary/aromatic N) is 1.